The average Bonchev–Trinajstić information content (AvgIpc) is 2.89. The molecule has 1 heteroatoms. The lowest BCUT2D eigenvalue weighted by Crippen LogP contribution is -2.32. The van der Waals surface area contributed by atoms with E-state index < -0.39 is 0 Å². The molecule has 0 aliphatic heterocycles. The second-order valence-corrected chi connectivity index (χ2v) is 5.05. The first-order chi connectivity index (χ1) is 8.36. The number of rotatable bonds is 5. The highest BCUT2D eigenvalue weighted by Gasteiger charge is 2.20. The summed E-state index contributed by atoms with van der Waals surface area (Å²) in [5, 5.41) is 3.61. The third-order valence-electron chi connectivity index (χ3n) is 3.77. The highest BCUT2D eigenvalue weighted by molar-refractivity contribution is 5.48. The fraction of sp³-hybridized carbons (Fsp3) is 0.500. The number of nitrogens with one attached hydrogen (secondary N) is 1. The Balaban J connectivity index is 1.70. The van der Waals surface area contributed by atoms with Crippen LogP contribution in [0.3, 0.4) is 0 Å². The maximum Gasteiger partial charge on any atom is 0.0140 e. The maximum atomic E-state index is 3.61. The molecule has 1 N–H and O–H groups in total. The summed E-state index contributed by atoms with van der Waals surface area (Å²) in [6.07, 6.45) is 10.1. The van der Waals surface area contributed by atoms with Gasteiger partial charge in [0.15, 0.2) is 0 Å². The van der Waals surface area contributed by atoms with Crippen molar-refractivity contribution in [2.75, 3.05) is 6.54 Å². The summed E-state index contributed by atoms with van der Waals surface area (Å²) in [5.41, 5.74) is 1.28. The van der Waals surface area contributed by atoms with E-state index in [9.17, 15) is 0 Å². The highest BCUT2D eigenvalue weighted by Crippen LogP contribution is 2.27. The van der Waals surface area contributed by atoms with E-state index in [4.69, 9.17) is 0 Å². The molecule has 1 aromatic carbocycles. The Morgan fingerprint density at radius 2 is 1.94 bits per heavy atom. The van der Waals surface area contributed by atoms with Gasteiger partial charge in [0.25, 0.3) is 0 Å². The second kappa shape index (κ2) is 6.61. The van der Waals surface area contributed by atoms with Gasteiger partial charge in [0.2, 0.25) is 0 Å². The van der Waals surface area contributed by atoms with E-state index in [0.717, 1.165) is 12.5 Å². The third-order valence-corrected chi connectivity index (χ3v) is 3.77. The summed E-state index contributed by atoms with van der Waals surface area (Å²) in [7, 11) is 0. The molecular weight excluding hydrogens is 206 g/mol. The monoisotopic (exact) mass is 229 g/mol. The molecule has 1 aliphatic carbocycles. The molecule has 0 radical (unpaired) electrons. The molecule has 0 unspecified atom stereocenters. The summed E-state index contributed by atoms with van der Waals surface area (Å²) < 4.78 is 0. The van der Waals surface area contributed by atoms with Gasteiger partial charge in [0, 0.05) is 12.6 Å². The molecule has 17 heavy (non-hydrogen) atoms. The van der Waals surface area contributed by atoms with Crippen LogP contribution in [0.5, 0.6) is 0 Å². The van der Waals surface area contributed by atoms with Crippen molar-refractivity contribution in [2.24, 2.45) is 5.92 Å². The van der Waals surface area contributed by atoms with Crippen molar-refractivity contribution in [1.82, 2.24) is 5.32 Å². The second-order valence-electron chi connectivity index (χ2n) is 5.05. The Labute approximate surface area is 105 Å². The number of hydrogen-bond acceptors (Lipinski definition) is 1. The molecule has 1 fully saturated rings. The van der Waals surface area contributed by atoms with Crippen LogP contribution in [-0.2, 0) is 0 Å². The largest absolute Gasteiger partial charge is 0.311 e. The minimum Gasteiger partial charge on any atom is -0.311 e. The first-order valence-corrected chi connectivity index (χ1v) is 6.81. The number of hydrogen-bond donors (Lipinski definition) is 1. The molecule has 0 heterocycles. The van der Waals surface area contributed by atoms with E-state index in [0.29, 0.717) is 6.04 Å². The van der Waals surface area contributed by atoms with Crippen molar-refractivity contribution in [3.05, 3.63) is 42.0 Å². The molecule has 0 bridgehead atoms. The van der Waals surface area contributed by atoms with Gasteiger partial charge >= 0.3 is 0 Å². The van der Waals surface area contributed by atoms with Gasteiger partial charge in [-0.15, -0.1) is 0 Å². The summed E-state index contributed by atoms with van der Waals surface area (Å²) in [5.74, 6) is 0.903. The Bertz CT molecular complexity index is 336. The highest BCUT2D eigenvalue weighted by atomic mass is 14.9. The summed E-state index contributed by atoms with van der Waals surface area (Å²) in [6, 6.07) is 11.1. The molecule has 0 saturated heterocycles. The van der Waals surface area contributed by atoms with Gasteiger partial charge in [-0.3, -0.25) is 0 Å². The van der Waals surface area contributed by atoms with Gasteiger partial charge in [0.1, 0.15) is 0 Å². The average molecular weight is 229 g/mol. The lowest BCUT2D eigenvalue weighted by molar-refractivity contribution is 0.395. The van der Waals surface area contributed by atoms with E-state index in [1.54, 1.807) is 0 Å². The van der Waals surface area contributed by atoms with E-state index in [1.165, 1.54) is 31.2 Å². The smallest absolute Gasteiger partial charge is 0.0140 e. The number of benzene rings is 1. The van der Waals surface area contributed by atoms with Crippen LogP contribution in [0, 0.1) is 5.92 Å². The van der Waals surface area contributed by atoms with Gasteiger partial charge in [-0.25, -0.2) is 0 Å². The molecular formula is C16H23N. The SMILES string of the molecule is C[C@@H](NC/C=C/c1ccccc1)C1CCCC1. The quantitative estimate of drug-likeness (QED) is 0.808. The normalized spacial score (nSPS) is 18.9. The van der Waals surface area contributed by atoms with Crippen molar-refractivity contribution in [3.8, 4) is 0 Å². The zero-order chi connectivity index (χ0) is 11.9. The lowest BCUT2D eigenvalue weighted by atomic mass is 10.00. The predicted molar refractivity (Wildman–Crippen MR) is 74.9 cm³/mol. The molecule has 92 valence electrons. The third kappa shape index (κ3) is 4.01. The lowest BCUT2D eigenvalue weighted by Gasteiger charge is -2.19. The van der Waals surface area contributed by atoms with Crippen LogP contribution in [0.25, 0.3) is 6.08 Å². The van der Waals surface area contributed by atoms with Crippen molar-refractivity contribution in [1.29, 1.82) is 0 Å². The predicted octanol–water partition coefficient (Wildman–Crippen LogP) is 3.87. The van der Waals surface area contributed by atoms with Gasteiger partial charge in [-0.05, 0) is 31.2 Å². The Morgan fingerprint density at radius 3 is 2.65 bits per heavy atom. The minimum atomic E-state index is 0.665. The zero-order valence-corrected chi connectivity index (χ0v) is 10.7. The van der Waals surface area contributed by atoms with Crippen LogP contribution in [0.2, 0.25) is 0 Å². The van der Waals surface area contributed by atoms with Crippen molar-refractivity contribution in [3.63, 3.8) is 0 Å². The van der Waals surface area contributed by atoms with Crippen LogP contribution >= 0.6 is 0 Å². The summed E-state index contributed by atoms with van der Waals surface area (Å²) in [4.78, 5) is 0. The Kier molecular flexibility index (Phi) is 4.81. The van der Waals surface area contributed by atoms with Crippen LogP contribution in [0.15, 0.2) is 36.4 Å². The van der Waals surface area contributed by atoms with Crippen molar-refractivity contribution in [2.45, 2.75) is 38.6 Å². The Morgan fingerprint density at radius 1 is 1.24 bits per heavy atom. The van der Waals surface area contributed by atoms with E-state index in [1.807, 2.05) is 0 Å². The molecule has 2 rings (SSSR count). The topological polar surface area (TPSA) is 12.0 Å². The molecule has 1 nitrogen and oxygen atoms in total. The van der Waals surface area contributed by atoms with Gasteiger partial charge < -0.3 is 5.32 Å². The summed E-state index contributed by atoms with van der Waals surface area (Å²) in [6.45, 7) is 3.30. The fourth-order valence-electron chi connectivity index (χ4n) is 2.64. The Hall–Kier alpha value is -1.08. The van der Waals surface area contributed by atoms with Crippen LogP contribution in [-0.4, -0.2) is 12.6 Å². The van der Waals surface area contributed by atoms with Crippen molar-refractivity contribution < 1.29 is 0 Å². The molecule has 0 aromatic heterocycles. The van der Waals surface area contributed by atoms with E-state index in [-0.39, 0.29) is 0 Å². The molecule has 1 atom stereocenters. The van der Waals surface area contributed by atoms with Gasteiger partial charge in [-0.1, -0.05) is 55.3 Å². The van der Waals surface area contributed by atoms with E-state index >= 15 is 0 Å². The zero-order valence-electron chi connectivity index (χ0n) is 10.7. The standard InChI is InChI=1S/C16H23N/c1-14(16-11-5-6-12-16)17-13-7-10-15-8-3-2-4-9-15/h2-4,7-10,14,16-17H,5-6,11-13H2,1H3/b10-7+/t14-/m1/s1. The first-order valence-electron chi connectivity index (χ1n) is 6.81. The van der Waals surface area contributed by atoms with Crippen LogP contribution in [0.1, 0.15) is 38.2 Å². The first kappa shape index (κ1) is 12.4. The molecule has 0 spiro atoms. The molecule has 1 aliphatic rings. The van der Waals surface area contributed by atoms with Crippen LogP contribution < -0.4 is 5.32 Å². The van der Waals surface area contributed by atoms with E-state index in [2.05, 4.69) is 54.7 Å². The van der Waals surface area contributed by atoms with Gasteiger partial charge in [0.05, 0.1) is 0 Å². The molecule has 1 aromatic rings. The summed E-state index contributed by atoms with van der Waals surface area (Å²) >= 11 is 0. The fourth-order valence-corrected chi connectivity index (χ4v) is 2.64. The van der Waals surface area contributed by atoms with Crippen molar-refractivity contribution >= 4 is 6.08 Å². The van der Waals surface area contributed by atoms with Gasteiger partial charge in [-0.2, -0.15) is 0 Å². The maximum absolute atomic E-state index is 3.61. The van der Waals surface area contributed by atoms with Crippen LogP contribution in [0.4, 0.5) is 0 Å². The minimum absolute atomic E-state index is 0.665. The molecule has 1 saturated carbocycles. The molecule has 0 amide bonds.